The second-order valence-corrected chi connectivity index (χ2v) is 12.8. The molecule has 0 N–H and O–H groups in total. The van der Waals surface area contributed by atoms with Crippen LogP contribution in [0.1, 0.15) is 6.92 Å². The van der Waals surface area contributed by atoms with Crippen LogP contribution in [0.4, 0.5) is 0 Å². The summed E-state index contributed by atoms with van der Waals surface area (Å²) in [7, 11) is -0.418. The molecule has 0 fully saturated rings. The molecular formula is C22H24O9S4. The van der Waals surface area contributed by atoms with Gasteiger partial charge < -0.3 is 28.4 Å². The van der Waals surface area contributed by atoms with Crippen LogP contribution in [0.15, 0.2) is 10.8 Å². The third kappa shape index (κ3) is 4.67. The molecule has 0 spiro atoms. The van der Waals surface area contributed by atoms with Crippen LogP contribution in [-0.4, -0.2) is 61.9 Å². The van der Waals surface area contributed by atoms with Crippen molar-refractivity contribution in [1.29, 1.82) is 0 Å². The minimum Gasteiger partial charge on any atom is -0.492 e. The Kier molecular flexibility index (Phi) is 6.55. The average molecular weight is 561 g/mol. The predicted octanol–water partition coefficient (Wildman–Crippen LogP) is 4.75. The van der Waals surface area contributed by atoms with Crippen LogP contribution in [0, 0.1) is 5.41 Å². The van der Waals surface area contributed by atoms with E-state index in [1.54, 1.807) is 14.2 Å². The Morgan fingerprint density at radius 1 is 0.886 bits per heavy atom. The summed E-state index contributed by atoms with van der Waals surface area (Å²) in [6.45, 7) is 3.17. The predicted molar refractivity (Wildman–Crippen MR) is 135 cm³/mol. The van der Waals surface area contributed by atoms with Gasteiger partial charge in [-0.2, -0.15) is 8.42 Å². The molecule has 0 amide bonds. The van der Waals surface area contributed by atoms with E-state index in [0.717, 1.165) is 25.8 Å². The van der Waals surface area contributed by atoms with Crippen molar-refractivity contribution in [3.8, 4) is 54.0 Å². The second kappa shape index (κ2) is 9.36. The summed E-state index contributed by atoms with van der Waals surface area (Å²) < 4.78 is 63.8. The molecular weight excluding hydrogens is 537 g/mol. The molecule has 2 aliphatic rings. The van der Waals surface area contributed by atoms with Crippen LogP contribution in [0.5, 0.6) is 34.5 Å². The Balaban J connectivity index is 1.61. The minimum atomic E-state index is -3.61. The maximum absolute atomic E-state index is 11.6. The van der Waals surface area contributed by atoms with Crippen molar-refractivity contribution in [2.75, 3.05) is 53.5 Å². The van der Waals surface area contributed by atoms with Crippen molar-refractivity contribution in [2.45, 2.75) is 6.92 Å². The zero-order valence-electron chi connectivity index (χ0n) is 19.5. The van der Waals surface area contributed by atoms with Crippen LogP contribution < -0.4 is 28.4 Å². The van der Waals surface area contributed by atoms with Crippen molar-refractivity contribution in [3.05, 3.63) is 10.8 Å². The van der Waals surface area contributed by atoms with Gasteiger partial charge in [0.1, 0.15) is 13.2 Å². The van der Waals surface area contributed by atoms with E-state index in [1.807, 2.05) is 17.7 Å². The lowest BCUT2D eigenvalue weighted by atomic mass is 9.94. The fourth-order valence-corrected chi connectivity index (χ4v) is 7.56. The van der Waals surface area contributed by atoms with Crippen LogP contribution in [0.2, 0.25) is 0 Å². The number of fused-ring (bicyclic) bond motifs is 2. The van der Waals surface area contributed by atoms with Gasteiger partial charge in [0.25, 0.3) is 10.1 Å². The van der Waals surface area contributed by atoms with E-state index in [1.165, 1.54) is 34.0 Å². The van der Waals surface area contributed by atoms with Gasteiger partial charge in [0.15, 0.2) is 34.5 Å². The summed E-state index contributed by atoms with van der Waals surface area (Å²) in [5.74, 6) is 3.76. The summed E-state index contributed by atoms with van der Waals surface area (Å²) in [6.07, 6.45) is 1.03. The van der Waals surface area contributed by atoms with Crippen LogP contribution in [0.25, 0.3) is 19.5 Å². The van der Waals surface area contributed by atoms with Gasteiger partial charge in [-0.15, -0.1) is 34.0 Å². The number of rotatable bonds is 7. The van der Waals surface area contributed by atoms with Crippen LogP contribution in [0.3, 0.4) is 0 Å². The summed E-state index contributed by atoms with van der Waals surface area (Å²) >= 11 is 4.50. The van der Waals surface area contributed by atoms with Gasteiger partial charge >= 0.3 is 0 Å². The first-order valence-electron chi connectivity index (χ1n) is 10.6. The van der Waals surface area contributed by atoms with Crippen LogP contribution in [-0.2, 0) is 14.3 Å². The van der Waals surface area contributed by atoms with Crippen molar-refractivity contribution >= 4 is 44.1 Å². The van der Waals surface area contributed by atoms with E-state index in [4.69, 9.17) is 32.6 Å². The summed E-state index contributed by atoms with van der Waals surface area (Å²) in [5.41, 5.74) is -0.694. The summed E-state index contributed by atoms with van der Waals surface area (Å²) in [4.78, 5) is 3.40. The fourth-order valence-electron chi connectivity index (χ4n) is 3.67. The highest BCUT2D eigenvalue weighted by molar-refractivity contribution is 7.85. The number of hydrogen-bond donors (Lipinski definition) is 0. The molecule has 5 heterocycles. The van der Waals surface area contributed by atoms with Gasteiger partial charge in [0.2, 0.25) is 0 Å². The monoisotopic (exact) mass is 560 g/mol. The Hall–Kier alpha value is -2.19. The Morgan fingerprint density at radius 2 is 1.54 bits per heavy atom. The number of thiophene rings is 3. The molecule has 0 saturated heterocycles. The highest BCUT2D eigenvalue weighted by atomic mass is 32.2. The molecule has 1 atom stereocenters. The van der Waals surface area contributed by atoms with Gasteiger partial charge in [-0.3, -0.25) is 4.18 Å². The lowest BCUT2D eigenvalue weighted by molar-refractivity contribution is 0.0687. The third-order valence-electron chi connectivity index (χ3n) is 5.43. The molecule has 5 rings (SSSR count). The fraction of sp³-hybridized carbons (Fsp3) is 0.455. The van der Waals surface area contributed by atoms with Gasteiger partial charge in [-0.1, -0.05) is 6.92 Å². The average Bonchev–Trinajstić information content (AvgIpc) is 3.51. The first kappa shape index (κ1) is 24.5. The van der Waals surface area contributed by atoms with Gasteiger partial charge in [0, 0.05) is 10.8 Å². The molecule has 0 radical (unpaired) electrons. The molecule has 0 aromatic carbocycles. The lowest BCUT2D eigenvalue weighted by Gasteiger charge is -2.25. The second-order valence-electron chi connectivity index (χ2n) is 8.39. The highest BCUT2D eigenvalue weighted by Gasteiger charge is 2.38. The van der Waals surface area contributed by atoms with E-state index >= 15 is 0 Å². The molecule has 0 bridgehead atoms. The Labute approximate surface area is 215 Å². The number of hydrogen-bond acceptors (Lipinski definition) is 12. The molecule has 3 aromatic heterocycles. The molecule has 3 aromatic rings. The quantitative estimate of drug-likeness (QED) is 0.379. The molecule has 190 valence electrons. The van der Waals surface area contributed by atoms with Crippen LogP contribution >= 0.6 is 34.0 Å². The van der Waals surface area contributed by atoms with Crippen molar-refractivity contribution < 1.29 is 41.0 Å². The first-order valence-corrected chi connectivity index (χ1v) is 15.0. The highest BCUT2D eigenvalue weighted by Crippen LogP contribution is 2.61. The zero-order chi connectivity index (χ0) is 24.8. The molecule has 0 saturated carbocycles. The van der Waals surface area contributed by atoms with Gasteiger partial charge in [-0.05, 0) is 0 Å². The molecule has 9 nitrogen and oxygen atoms in total. The smallest absolute Gasteiger partial charge is 0.264 e. The molecule has 1 unspecified atom stereocenters. The molecule has 35 heavy (non-hydrogen) atoms. The maximum Gasteiger partial charge on any atom is 0.264 e. The molecule has 0 aliphatic carbocycles. The van der Waals surface area contributed by atoms with Crippen molar-refractivity contribution in [2.24, 2.45) is 5.41 Å². The minimum absolute atomic E-state index is 0.0638. The van der Waals surface area contributed by atoms with Gasteiger partial charge in [-0.25, -0.2) is 0 Å². The van der Waals surface area contributed by atoms with Gasteiger partial charge in [0.05, 0.1) is 65.2 Å². The normalized spacial score (nSPS) is 19.3. The standard InChI is InChI=1S/C22H24O9S4/c1-22(11-31-35(4,23)24)9-29-16-17(30-10-22)21(19-15-13(8-33-19)27-5-6-28-15)34-20(16)18-14(26-3)12(25-2)7-32-18/h7-8H,5-6,9-11H2,1-4H3. The van der Waals surface area contributed by atoms with E-state index in [9.17, 15) is 8.42 Å². The Morgan fingerprint density at radius 3 is 2.20 bits per heavy atom. The largest absolute Gasteiger partial charge is 0.492 e. The third-order valence-corrected chi connectivity index (χ3v) is 9.33. The Bertz CT molecular complexity index is 1270. The zero-order valence-corrected chi connectivity index (χ0v) is 22.8. The maximum atomic E-state index is 11.6. The molecule has 2 aliphatic heterocycles. The summed E-state index contributed by atoms with van der Waals surface area (Å²) in [6, 6.07) is 0. The van der Waals surface area contributed by atoms with Crippen molar-refractivity contribution in [1.82, 2.24) is 0 Å². The molecule has 13 heteroatoms. The van der Waals surface area contributed by atoms with E-state index < -0.39 is 15.5 Å². The van der Waals surface area contributed by atoms with Crippen molar-refractivity contribution in [3.63, 3.8) is 0 Å². The number of methoxy groups -OCH3 is 2. The van der Waals surface area contributed by atoms with E-state index in [-0.39, 0.29) is 19.8 Å². The van der Waals surface area contributed by atoms with E-state index in [2.05, 4.69) is 0 Å². The number of ether oxygens (including phenoxy) is 6. The lowest BCUT2D eigenvalue weighted by Crippen LogP contribution is -2.36. The summed E-state index contributed by atoms with van der Waals surface area (Å²) in [5, 5.41) is 3.80. The van der Waals surface area contributed by atoms with E-state index in [0.29, 0.717) is 47.7 Å². The first-order chi connectivity index (χ1) is 16.7. The topological polar surface area (TPSA) is 98.8 Å². The SMILES string of the molecule is COc1csc(-c2sc(-c3scc4c3OCCO4)c3c2OCC(C)(COS(C)(=O)=O)CO3)c1OC.